The van der Waals surface area contributed by atoms with Gasteiger partial charge >= 0.3 is 6.18 Å². The van der Waals surface area contributed by atoms with E-state index in [2.05, 4.69) is 16.6 Å². The maximum Gasteiger partial charge on any atom is 0.411 e. The van der Waals surface area contributed by atoms with Crippen LogP contribution in [0, 0.1) is 18.8 Å². The third kappa shape index (κ3) is 7.59. The molecule has 0 saturated carbocycles. The van der Waals surface area contributed by atoms with Gasteiger partial charge in [-0.1, -0.05) is 17.9 Å². The molecule has 1 rings (SSSR count). The molecule has 0 unspecified atom stereocenters. The number of halogens is 3. The highest BCUT2D eigenvalue weighted by Gasteiger charge is 2.27. The first kappa shape index (κ1) is 17.3. The molecular formula is C15H17F3O3. The summed E-state index contributed by atoms with van der Waals surface area (Å²) in [6, 6.07) is 5.41. The van der Waals surface area contributed by atoms with Gasteiger partial charge in [-0.3, -0.25) is 0 Å². The predicted octanol–water partition coefficient (Wildman–Crippen LogP) is 2.69. The van der Waals surface area contributed by atoms with Crippen molar-refractivity contribution < 1.29 is 27.8 Å². The van der Waals surface area contributed by atoms with Gasteiger partial charge in [-0.05, 0) is 24.6 Å². The number of ether oxygens (including phenoxy) is 2. The van der Waals surface area contributed by atoms with Crippen LogP contribution in [0.1, 0.15) is 17.5 Å². The second-order valence-corrected chi connectivity index (χ2v) is 4.33. The second kappa shape index (κ2) is 8.55. The van der Waals surface area contributed by atoms with Crippen molar-refractivity contribution in [1.29, 1.82) is 0 Å². The monoisotopic (exact) mass is 302 g/mol. The summed E-state index contributed by atoms with van der Waals surface area (Å²) in [4.78, 5) is 0. The number of alkyl halides is 3. The smallest absolute Gasteiger partial charge is 0.411 e. The summed E-state index contributed by atoms with van der Waals surface area (Å²) in [6.07, 6.45) is -3.96. The fourth-order valence-electron chi connectivity index (χ4n) is 1.53. The average molecular weight is 302 g/mol. The van der Waals surface area contributed by atoms with Crippen molar-refractivity contribution in [2.45, 2.75) is 19.5 Å². The van der Waals surface area contributed by atoms with E-state index >= 15 is 0 Å². The zero-order valence-electron chi connectivity index (χ0n) is 11.7. The minimum Gasteiger partial charge on any atom is -0.492 e. The maximum absolute atomic E-state index is 11.8. The molecule has 6 heteroatoms. The zero-order valence-corrected chi connectivity index (χ0v) is 11.7. The Balaban J connectivity index is 2.41. The molecule has 0 bridgehead atoms. The molecule has 0 aliphatic heterocycles. The summed E-state index contributed by atoms with van der Waals surface area (Å²) in [7, 11) is 0. The van der Waals surface area contributed by atoms with Crippen LogP contribution in [0.2, 0.25) is 0 Å². The van der Waals surface area contributed by atoms with Crippen molar-refractivity contribution in [2.75, 3.05) is 26.4 Å². The summed E-state index contributed by atoms with van der Waals surface area (Å²) < 4.78 is 45.5. The quantitative estimate of drug-likeness (QED) is 0.648. The molecule has 1 aromatic rings. The van der Waals surface area contributed by atoms with E-state index in [1.807, 2.05) is 19.1 Å². The van der Waals surface area contributed by atoms with Gasteiger partial charge in [0, 0.05) is 6.42 Å². The van der Waals surface area contributed by atoms with Gasteiger partial charge < -0.3 is 14.6 Å². The first-order chi connectivity index (χ1) is 9.92. The highest BCUT2D eigenvalue weighted by Crippen LogP contribution is 2.19. The molecule has 0 atom stereocenters. The standard InChI is InChI=1S/C15H17F3O3/c1-12-5-6-14(13(10-12)4-2-7-19)21-9-3-8-20-11-15(16,17)18/h5-6,10,19H,3,7-9,11H2,1H3. The largest absolute Gasteiger partial charge is 0.492 e. The molecule has 0 aliphatic carbocycles. The van der Waals surface area contributed by atoms with Crippen molar-refractivity contribution in [2.24, 2.45) is 0 Å². The van der Waals surface area contributed by atoms with E-state index in [0.29, 0.717) is 17.7 Å². The molecule has 21 heavy (non-hydrogen) atoms. The Morgan fingerprint density at radius 2 is 2.00 bits per heavy atom. The number of aliphatic hydroxyl groups excluding tert-OH is 1. The lowest BCUT2D eigenvalue weighted by atomic mass is 10.1. The van der Waals surface area contributed by atoms with Gasteiger partial charge in [-0.15, -0.1) is 0 Å². The molecule has 0 heterocycles. The average Bonchev–Trinajstić information content (AvgIpc) is 2.40. The van der Waals surface area contributed by atoms with E-state index in [0.717, 1.165) is 5.56 Å². The molecule has 0 amide bonds. The van der Waals surface area contributed by atoms with Crippen LogP contribution in [0.15, 0.2) is 18.2 Å². The number of aliphatic hydroxyl groups is 1. The van der Waals surface area contributed by atoms with Crippen molar-refractivity contribution >= 4 is 0 Å². The Morgan fingerprint density at radius 3 is 2.67 bits per heavy atom. The van der Waals surface area contributed by atoms with E-state index in [1.165, 1.54) is 0 Å². The van der Waals surface area contributed by atoms with Gasteiger partial charge in [0.25, 0.3) is 0 Å². The van der Waals surface area contributed by atoms with Gasteiger partial charge in [0.2, 0.25) is 0 Å². The highest BCUT2D eigenvalue weighted by atomic mass is 19.4. The van der Waals surface area contributed by atoms with E-state index < -0.39 is 12.8 Å². The third-order valence-electron chi connectivity index (χ3n) is 2.39. The molecule has 3 nitrogen and oxygen atoms in total. The normalized spacial score (nSPS) is 10.9. The molecule has 0 aliphatic rings. The van der Waals surface area contributed by atoms with Crippen molar-refractivity contribution in [3.05, 3.63) is 29.3 Å². The molecule has 0 spiro atoms. The Morgan fingerprint density at radius 1 is 1.24 bits per heavy atom. The molecule has 0 aromatic heterocycles. The van der Waals surface area contributed by atoms with Crippen LogP contribution < -0.4 is 4.74 Å². The van der Waals surface area contributed by atoms with Gasteiger partial charge in [0.15, 0.2) is 0 Å². The summed E-state index contributed by atoms with van der Waals surface area (Å²) in [6.45, 7) is 0.611. The number of benzene rings is 1. The van der Waals surface area contributed by atoms with Crippen molar-refractivity contribution in [3.63, 3.8) is 0 Å². The molecule has 0 saturated heterocycles. The minimum absolute atomic E-state index is 0.0248. The maximum atomic E-state index is 11.8. The van der Waals surface area contributed by atoms with Crippen LogP contribution in [-0.4, -0.2) is 37.7 Å². The summed E-state index contributed by atoms with van der Waals surface area (Å²) in [5, 5.41) is 8.70. The zero-order chi connectivity index (χ0) is 15.7. The van der Waals surface area contributed by atoms with Crippen LogP contribution in [0.5, 0.6) is 5.75 Å². The van der Waals surface area contributed by atoms with Crippen LogP contribution in [0.25, 0.3) is 0 Å². The number of aryl methyl sites for hydroxylation is 1. The lowest BCUT2D eigenvalue weighted by Gasteiger charge is -2.10. The SMILES string of the molecule is Cc1ccc(OCCCOCC(F)(F)F)c(C#CCO)c1. The Kier molecular flexibility index (Phi) is 7.06. The first-order valence-corrected chi connectivity index (χ1v) is 6.40. The lowest BCUT2D eigenvalue weighted by Crippen LogP contribution is -2.18. The fraction of sp³-hybridized carbons (Fsp3) is 0.467. The highest BCUT2D eigenvalue weighted by molar-refractivity contribution is 5.48. The molecular weight excluding hydrogens is 285 g/mol. The Labute approximate surface area is 121 Å². The first-order valence-electron chi connectivity index (χ1n) is 6.40. The second-order valence-electron chi connectivity index (χ2n) is 4.33. The number of hydrogen-bond acceptors (Lipinski definition) is 3. The van der Waals surface area contributed by atoms with Gasteiger partial charge in [0.05, 0.1) is 18.8 Å². The molecule has 0 radical (unpaired) electrons. The number of rotatable bonds is 6. The van der Waals surface area contributed by atoms with Crippen LogP contribution >= 0.6 is 0 Å². The van der Waals surface area contributed by atoms with Gasteiger partial charge in [0.1, 0.15) is 19.0 Å². The fourth-order valence-corrected chi connectivity index (χ4v) is 1.53. The van der Waals surface area contributed by atoms with Crippen LogP contribution in [0.4, 0.5) is 13.2 Å². The van der Waals surface area contributed by atoms with E-state index in [-0.39, 0.29) is 19.8 Å². The van der Waals surface area contributed by atoms with E-state index in [9.17, 15) is 13.2 Å². The van der Waals surface area contributed by atoms with Crippen molar-refractivity contribution in [1.82, 2.24) is 0 Å². The Bertz CT molecular complexity index is 501. The summed E-state index contributed by atoms with van der Waals surface area (Å²) in [5.41, 5.74) is 1.64. The number of hydrogen-bond donors (Lipinski definition) is 1. The summed E-state index contributed by atoms with van der Waals surface area (Å²) >= 11 is 0. The van der Waals surface area contributed by atoms with Gasteiger partial charge in [-0.25, -0.2) is 0 Å². The molecule has 1 N–H and O–H groups in total. The molecule has 1 aromatic carbocycles. The molecule has 116 valence electrons. The third-order valence-corrected chi connectivity index (χ3v) is 2.39. The topological polar surface area (TPSA) is 38.7 Å². The minimum atomic E-state index is -4.30. The van der Waals surface area contributed by atoms with Crippen LogP contribution in [0.3, 0.4) is 0 Å². The van der Waals surface area contributed by atoms with Crippen molar-refractivity contribution in [3.8, 4) is 17.6 Å². The van der Waals surface area contributed by atoms with Gasteiger partial charge in [-0.2, -0.15) is 13.2 Å². The van der Waals surface area contributed by atoms with E-state index in [1.54, 1.807) is 6.07 Å². The summed E-state index contributed by atoms with van der Waals surface area (Å²) in [5.74, 6) is 5.85. The van der Waals surface area contributed by atoms with Crippen LogP contribution in [-0.2, 0) is 4.74 Å². The van der Waals surface area contributed by atoms with E-state index in [4.69, 9.17) is 9.84 Å². The molecule has 0 fully saturated rings. The predicted molar refractivity (Wildman–Crippen MR) is 72.1 cm³/mol. The Hall–Kier alpha value is -1.71. The lowest BCUT2D eigenvalue weighted by molar-refractivity contribution is -0.174.